The predicted octanol–water partition coefficient (Wildman–Crippen LogP) is 1.37. The first-order valence-corrected chi connectivity index (χ1v) is 8.97. The molecule has 0 aliphatic rings. The lowest BCUT2D eigenvalue weighted by atomic mass is 10.3. The quantitative estimate of drug-likeness (QED) is 0.693. The summed E-state index contributed by atoms with van der Waals surface area (Å²) in [6, 6.07) is 6.89. The summed E-state index contributed by atoms with van der Waals surface area (Å²) in [6.07, 6.45) is 1.21. The number of rotatable bonds is 8. The Balaban J connectivity index is 2.68. The smallest absolute Gasteiger partial charge is 0.232 e. The maximum absolute atomic E-state index is 11.9. The molecule has 0 bridgehead atoms. The molecular formula is C13H19BrN2O4S. The fourth-order valence-electron chi connectivity index (χ4n) is 1.68. The molecule has 0 aliphatic carbocycles. The van der Waals surface area contributed by atoms with Crippen LogP contribution in [0.4, 0.5) is 5.69 Å². The highest BCUT2D eigenvalue weighted by Crippen LogP contribution is 2.20. The van der Waals surface area contributed by atoms with Crippen LogP contribution in [-0.4, -0.2) is 47.4 Å². The molecule has 118 valence electrons. The molecule has 1 aromatic carbocycles. The minimum Gasteiger partial charge on any atom is -0.383 e. The molecule has 0 atom stereocenters. The van der Waals surface area contributed by atoms with Crippen LogP contribution in [-0.2, 0) is 19.6 Å². The molecule has 0 heterocycles. The summed E-state index contributed by atoms with van der Waals surface area (Å²) < 4.78 is 30.6. The summed E-state index contributed by atoms with van der Waals surface area (Å²) >= 11 is 3.30. The van der Waals surface area contributed by atoms with Gasteiger partial charge in [0, 0.05) is 31.1 Å². The number of anilines is 1. The van der Waals surface area contributed by atoms with Gasteiger partial charge < -0.3 is 10.1 Å². The van der Waals surface area contributed by atoms with Crippen LogP contribution in [0.5, 0.6) is 0 Å². The molecule has 1 aromatic rings. The van der Waals surface area contributed by atoms with E-state index >= 15 is 0 Å². The average Bonchev–Trinajstić information content (AvgIpc) is 2.40. The van der Waals surface area contributed by atoms with Crippen molar-refractivity contribution in [1.29, 1.82) is 0 Å². The summed E-state index contributed by atoms with van der Waals surface area (Å²) in [6.45, 7) is 0.931. The second-order valence-corrected chi connectivity index (χ2v) is 7.23. The van der Waals surface area contributed by atoms with Crippen LogP contribution in [0.3, 0.4) is 0 Å². The van der Waals surface area contributed by atoms with Crippen LogP contribution in [0.25, 0.3) is 0 Å². The Morgan fingerprint density at radius 1 is 1.33 bits per heavy atom. The monoisotopic (exact) mass is 378 g/mol. The first kappa shape index (κ1) is 17.9. The molecule has 0 saturated carbocycles. The van der Waals surface area contributed by atoms with Gasteiger partial charge in [0.2, 0.25) is 15.9 Å². The van der Waals surface area contributed by atoms with Crippen LogP contribution < -0.4 is 9.62 Å². The number of hydrogen-bond donors (Lipinski definition) is 1. The molecular weight excluding hydrogens is 360 g/mol. The van der Waals surface area contributed by atoms with Gasteiger partial charge in [0.15, 0.2) is 0 Å². The zero-order valence-corrected chi connectivity index (χ0v) is 14.4. The van der Waals surface area contributed by atoms with Gasteiger partial charge in [-0.1, -0.05) is 15.9 Å². The molecule has 0 saturated heterocycles. The number of nitrogens with one attached hydrogen (secondary N) is 1. The lowest BCUT2D eigenvalue weighted by Gasteiger charge is -2.22. The molecule has 0 fully saturated rings. The average molecular weight is 379 g/mol. The van der Waals surface area contributed by atoms with Gasteiger partial charge in [0.25, 0.3) is 0 Å². The summed E-state index contributed by atoms with van der Waals surface area (Å²) in [5, 5.41) is 2.66. The zero-order valence-electron chi connectivity index (χ0n) is 12.0. The number of sulfonamides is 1. The van der Waals surface area contributed by atoms with Crippen LogP contribution in [0.2, 0.25) is 0 Å². The van der Waals surface area contributed by atoms with Crippen molar-refractivity contribution in [2.24, 2.45) is 0 Å². The van der Waals surface area contributed by atoms with E-state index < -0.39 is 10.0 Å². The predicted molar refractivity (Wildman–Crippen MR) is 85.8 cm³/mol. The number of ether oxygens (including phenoxy) is 1. The van der Waals surface area contributed by atoms with Gasteiger partial charge in [-0.2, -0.15) is 0 Å². The van der Waals surface area contributed by atoms with E-state index in [1.54, 1.807) is 31.4 Å². The fourth-order valence-corrected chi connectivity index (χ4v) is 2.87. The van der Waals surface area contributed by atoms with Crippen molar-refractivity contribution in [2.45, 2.75) is 6.42 Å². The largest absolute Gasteiger partial charge is 0.383 e. The van der Waals surface area contributed by atoms with E-state index in [4.69, 9.17) is 4.74 Å². The van der Waals surface area contributed by atoms with Gasteiger partial charge in [0.1, 0.15) is 0 Å². The molecule has 0 aromatic heterocycles. The van der Waals surface area contributed by atoms with Crippen molar-refractivity contribution < 1.29 is 17.9 Å². The number of methoxy groups -OCH3 is 1. The third-order valence-corrected chi connectivity index (χ3v) is 4.41. The SMILES string of the molecule is COCCNC(=O)CCN(c1ccc(Br)cc1)S(C)(=O)=O. The minimum absolute atomic E-state index is 0.0901. The van der Waals surface area contributed by atoms with Crippen molar-refractivity contribution in [3.8, 4) is 0 Å². The maximum Gasteiger partial charge on any atom is 0.232 e. The molecule has 1 N–H and O–H groups in total. The summed E-state index contributed by atoms with van der Waals surface area (Å²) in [5.74, 6) is -0.210. The van der Waals surface area contributed by atoms with E-state index in [-0.39, 0.29) is 18.9 Å². The Kier molecular flexibility index (Phi) is 7.13. The maximum atomic E-state index is 11.9. The number of hydrogen-bond acceptors (Lipinski definition) is 4. The highest BCUT2D eigenvalue weighted by atomic mass is 79.9. The molecule has 1 rings (SSSR count). The molecule has 0 radical (unpaired) electrons. The van der Waals surface area contributed by atoms with Gasteiger partial charge >= 0.3 is 0 Å². The number of carbonyl (C=O) groups is 1. The number of nitrogens with zero attached hydrogens (tertiary/aromatic N) is 1. The number of amides is 1. The van der Waals surface area contributed by atoms with Crippen molar-refractivity contribution >= 4 is 37.5 Å². The van der Waals surface area contributed by atoms with Gasteiger partial charge in [-0.15, -0.1) is 0 Å². The Hall–Kier alpha value is -1.12. The summed E-state index contributed by atoms with van der Waals surface area (Å²) in [7, 11) is -1.89. The third-order valence-electron chi connectivity index (χ3n) is 2.69. The van der Waals surface area contributed by atoms with Crippen molar-refractivity contribution in [1.82, 2.24) is 5.32 Å². The molecule has 21 heavy (non-hydrogen) atoms. The highest BCUT2D eigenvalue weighted by molar-refractivity contribution is 9.10. The normalized spacial score (nSPS) is 11.2. The molecule has 1 amide bonds. The summed E-state index contributed by atoms with van der Waals surface area (Å²) in [5.41, 5.74) is 0.533. The van der Waals surface area contributed by atoms with E-state index in [0.29, 0.717) is 18.8 Å². The second kappa shape index (κ2) is 8.35. The number of halogens is 1. The first-order chi connectivity index (χ1) is 9.84. The topological polar surface area (TPSA) is 75.7 Å². The van der Waals surface area contributed by atoms with Gasteiger partial charge in [0.05, 0.1) is 18.6 Å². The number of carbonyl (C=O) groups excluding carboxylic acids is 1. The van der Waals surface area contributed by atoms with Crippen LogP contribution in [0.15, 0.2) is 28.7 Å². The van der Waals surface area contributed by atoms with E-state index in [1.807, 2.05) is 0 Å². The molecule has 0 unspecified atom stereocenters. The Labute approximate surface area is 133 Å². The van der Waals surface area contributed by atoms with Crippen molar-refractivity contribution in [2.75, 3.05) is 37.4 Å². The van der Waals surface area contributed by atoms with Gasteiger partial charge in [-0.25, -0.2) is 8.42 Å². The van der Waals surface area contributed by atoms with Crippen LogP contribution in [0.1, 0.15) is 6.42 Å². The minimum atomic E-state index is -3.44. The second-order valence-electron chi connectivity index (χ2n) is 4.40. The van der Waals surface area contributed by atoms with E-state index in [1.165, 1.54) is 4.31 Å². The van der Waals surface area contributed by atoms with Crippen LogP contribution in [0, 0.1) is 0 Å². The molecule has 0 aliphatic heterocycles. The van der Waals surface area contributed by atoms with Crippen molar-refractivity contribution in [3.63, 3.8) is 0 Å². The van der Waals surface area contributed by atoms with E-state index in [9.17, 15) is 13.2 Å². The molecule has 0 spiro atoms. The highest BCUT2D eigenvalue weighted by Gasteiger charge is 2.18. The number of benzene rings is 1. The lowest BCUT2D eigenvalue weighted by Crippen LogP contribution is -2.35. The zero-order chi connectivity index (χ0) is 15.9. The third kappa shape index (κ3) is 6.45. The van der Waals surface area contributed by atoms with Gasteiger partial charge in [-0.3, -0.25) is 9.10 Å². The standard InChI is InChI=1S/C13H19BrN2O4S/c1-20-10-8-15-13(17)7-9-16(21(2,18)19)12-5-3-11(14)4-6-12/h3-6H,7-10H2,1-2H3,(H,15,17). The Morgan fingerprint density at radius 2 is 1.95 bits per heavy atom. The van der Waals surface area contributed by atoms with E-state index in [0.717, 1.165) is 10.7 Å². The van der Waals surface area contributed by atoms with Crippen LogP contribution >= 0.6 is 15.9 Å². The molecule has 6 nitrogen and oxygen atoms in total. The van der Waals surface area contributed by atoms with E-state index in [2.05, 4.69) is 21.2 Å². The first-order valence-electron chi connectivity index (χ1n) is 6.33. The van der Waals surface area contributed by atoms with Crippen molar-refractivity contribution in [3.05, 3.63) is 28.7 Å². The lowest BCUT2D eigenvalue weighted by molar-refractivity contribution is -0.121. The fraction of sp³-hybridized carbons (Fsp3) is 0.462. The summed E-state index contributed by atoms with van der Waals surface area (Å²) in [4.78, 5) is 11.6. The molecule has 8 heteroatoms. The van der Waals surface area contributed by atoms with Gasteiger partial charge in [-0.05, 0) is 24.3 Å². The Bertz CT molecular complexity index is 560. The Morgan fingerprint density at radius 3 is 2.48 bits per heavy atom.